The van der Waals surface area contributed by atoms with Crippen molar-refractivity contribution >= 4 is 5.91 Å². The Balaban J connectivity index is 1.85. The number of nitrogens with two attached hydrogens (primary N) is 1. The van der Waals surface area contributed by atoms with Gasteiger partial charge in [-0.3, -0.25) is 4.79 Å². The number of carbonyl (C=O) groups is 1. The molecule has 1 unspecified atom stereocenters. The van der Waals surface area contributed by atoms with Crippen molar-refractivity contribution < 1.29 is 4.79 Å². The van der Waals surface area contributed by atoms with E-state index in [0.717, 1.165) is 38.6 Å². The van der Waals surface area contributed by atoms with Gasteiger partial charge in [-0.15, -0.1) is 0 Å². The van der Waals surface area contributed by atoms with Crippen LogP contribution in [-0.2, 0) is 11.2 Å². The maximum absolute atomic E-state index is 12.3. The number of nitrogens with zero attached hydrogens (tertiary/aromatic N) is 1. The minimum Gasteiger partial charge on any atom is -0.338 e. The summed E-state index contributed by atoms with van der Waals surface area (Å²) < 4.78 is 0. The number of hydrogen-bond donors (Lipinski definition) is 1. The quantitative estimate of drug-likeness (QED) is 0.883. The monoisotopic (exact) mass is 260 g/mol. The molecule has 104 valence electrons. The standard InChI is InChI=1S/C16H24N2O/c1-2-14-9-6-12-18(14)16(19)15(17)11-10-13-7-4-3-5-8-13/h3-5,7-8,14-15H,2,6,9-12,17H2,1H3/t14?,15-/m0/s1. The molecule has 1 saturated heterocycles. The van der Waals surface area contributed by atoms with Gasteiger partial charge in [0.1, 0.15) is 0 Å². The fourth-order valence-corrected chi connectivity index (χ4v) is 2.85. The number of benzene rings is 1. The Hall–Kier alpha value is -1.35. The summed E-state index contributed by atoms with van der Waals surface area (Å²) in [7, 11) is 0. The molecule has 1 aliphatic rings. The van der Waals surface area contributed by atoms with E-state index in [4.69, 9.17) is 5.73 Å². The van der Waals surface area contributed by atoms with Gasteiger partial charge in [0.2, 0.25) is 5.91 Å². The molecular weight excluding hydrogens is 236 g/mol. The molecule has 2 rings (SSSR count). The third kappa shape index (κ3) is 3.57. The van der Waals surface area contributed by atoms with E-state index < -0.39 is 0 Å². The highest BCUT2D eigenvalue weighted by Crippen LogP contribution is 2.21. The molecule has 1 aromatic carbocycles. The zero-order valence-electron chi connectivity index (χ0n) is 11.7. The lowest BCUT2D eigenvalue weighted by Crippen LogP contribution is -2.46. The Labute approximate surface area is 115 Å². The number of rotatable bonds is 5. The first-order chi connectivity index (χ1) is 9.22. The third-order valence-corrected chi connectivity index (χ3v) is 4.04. The van der Waals surface area contributed by atoms with Gasteiger partial charge >= 0.3 is 0 Å². The van der Waals surface area contributed by atoms with Crippen LogP contribution in [0, 0.1) is 0 Å². The van der Waals surface area contributed by atoms with Crippen molar-refractivity contribution in [2.75, 3.05) is 6.54 Å². The Bertz CT molecular complexity index is 404. The highest BCUT2D eigenvalue weighted by atomic mass is 16.2. The van der Waals surface area contributed by atoms with E-state index in [-0.39, 0.29) is 11.9 Å². The zero-order chi connectivity index (χ0) is 13.7. The van der Waals surface area contributed by atoms with Crippen LogP contribution in [0.4, 0.5) is 0 Å². The Kier molecular flexibility index (Phi) is 4.97. The summed E-state index contributed by atoms with van der Waals surface area (Å²) in [5.74, 6) is 0.139. The lowest BCUT2D eigenvalue weighted by atomic mass is 10.0. The smallest absolute Gasteiger partial charge is 0.239 e. The van der Waals surface area contributed by atoms with E-state index in [0.29, 0.717) is 6.04 Å². The van der Waals surface area contributed by atoms with Gasteiger partial charge in [-0.05, 0) is 37.7 Å². The molecule has 3 nitrogen and oxygen atoms in total. The van der Waals surface area contributed by atoms with E-state index in [1.165, 1.54) is 5.56 Å². The predicted octanol–water partition coefficient (Wildman–Crippen LogP) is 2.35. The van der Waals surface area contributed by atoms with Gasteiger partial charge in [0, 0.05) is 12.6 Å². The lowest BCUT2D eigenvalue weighted by Gasteiger charge is -2.26. The Morgan fingerprint density at radius 2 is 2.16 bits per heavy atom. The van der Waals surface area contributed by atoms with E-state index in [1.807, 2.05) is 23.1 Å². The van der Waals surface area contributed by atoms with Gasteiger partial charge in [0.05, 0.1) is 6.04 Å². The Morgan fingerprint density at radius 3 is 2.84 bits per heavy atom. The van der Waals surface area contributed by atoms with Crippen LogP contribution < -0.4 is 5.73 Å². The van der Waals surface area contributed by atoms with Crippen LogP contribution in [0.1, 0.15) is 38.2 Å². The SMILES string of the molecule is CCC1CCCN1C(=O)[C@@H](N)CCc1ccccc1. The Morgan fingerprint density at radius 1 is 1.42 bits per heavy atom. The molecule has 0 spiro atoms. The fraction of sp³-hybridized carbons (Fsp3) is 0.562. The van der Waals surface area contributed by atoms with Crippen molar-refractivity contribution in [1.82, 2.24) is 4.90 Å². The van der Waals surface area contributed by atoms with Gasteiger partial charge in [-0.25, -0.2) is 0 Å². The number of likely N-dealkylation sites (tertiary alicyclic amines) is 1. The average molecular weight is 260 g/mol. The lowest BCUT2D eigenvalue weighted by molar-refractivity contribution is -0.133. The second-order valence-electron chi connectivity index (χ2n) is 5.37. The summed E-state index contributed by atoms with van der Waals surface area (Å²) in [5.41, 5.74) is 7.32. The van der Waals surface area contributed by atoms with Gasteiger partial charge < -0.3 is 10.6 Å². The van der Waals surface area contributed by atoms with Crippen LogP contribution in [-0.4, -0.2) is 29.4 Å². The highest BCUT2D eigenvalue weighted by molar-refractivity contribution is 5.82. The second-order valence-corrected chi connectivity index (χ2v) is 5.37. The van der Waals surface area contributed by atoms with Gasteiger partial charge in [-0.2, -0.15) is 0 Å². The normalized spacial score (nSPS) is 20.5. The first-order valence-corrected chi connectivity index (χ1v) is 7.32. The summed E-state index contributed by atoms with van der Waals surface area (Å²) in [6, 6.07) is 10.3. The van der Waals surface area contributed by atoms with E-state index in [1.54, 1.807) is 0 Å². The van der Waals surface area contributed by atoms with Crippen molar-refractivity contribution in [1.29, 1.82) is 0 Å². The molecule has 2 N–H and O–H groups in total. The summed E-state index contributed by atoms with van der Waals surface area (Å²) in [6.07, 6.45) is 4.90. The van der Waals surface area contributed by atoms with E-state index >= 15 is 0 Å². The average Bonchev–Trinajstić information content (AvgIpc) is 2.93. The van der Waals surface area contributed by atoms with Crippen LogP contribution in [0.5, 0.6) is 0 Å². The molecule has 0 bridgehead atoms. The van der Waals surface area contributed by atoms with Crippen molar-refractivity contribution in [2.45, 2.75) is 51.1 Å². The van der Waals surface area contributed by atoms with E-state index in [9.17, 15) is 4.79 Å². The summed E-state index contributed by atoms with van der Waals surface area (Å²) in [5, 5.41) is 0. The molecule has 1 amide bonds. The molecular formula is C16H24N2O. The van der Waals surface area contributed by atoms with Crippen LogP contribution in [0.25, 0.3) is 0 Å². The number of carbonyl (C=O) groups excluding carboxylic acids is 1. The van der Waals surface area contributed by atoms with Gasteiger partial charge in [0.15, 0.2) is 0 Å². The fourth-order valence-electron chi connectivity index (χ4n) is 2.85. The first-order valence-electron chi connectivity index (χ1n) is 7.32. The minimum absolute atomic E-state index is 0.139. The number of hydrogen-bond acceptors (Lipinski definition) is 2. The predicted molar refractivity (Wildman–Crippen MR) is 77.8 cm³/mol. The maximum atomic E-state index is 12.3. The molecule has 1 aromatic rings. The molecule has 0 aliphatic carbocycles. The summed E-state index contributed by atoms with van der Waals surface area (Å²) in [4.78, 5) is 14.3. The largest absolute Gasteiger partial charge is 0.338 e. The van der Waals surface area contributed by atoms with Crippen LogP contribution >= 0.6 is 0 Å². The number of aryl methyl sites for hydroxylation is 1. The van der Waals surface area contributed by atoms with Gasteiger partial charge in [0.25, 0.3) is 0 Å². The summed E-state index contributed by atoms with van der Waals surface area (Å²) in [6.45, 7) is 3.03. The van der Waals surface area contributed by atoms with Crippen molar-refractivity contribution in [3.63, 3.8) is 0 Å². The minimum atomic E-state index is -0.354. The van der Waals surface area contributed by atoms with Crippen LogP contribution in [0.15, 0.2) is 30.3 Å². The molecule has 1 aliphatic heterocycles. The zero-order valence-corrected chi connectivity index (χ0v) is 11.7. The van der Waals surface area contributed by atoms with Crippen LogP contribution in [0.3, 0.4) is 0 Å². The summed E-state index contributed by atoms with van der Waals surface area (Å²) >= 11 is 0. The molecule has 0 aromatic heterocycles. The molecule has 1 heterocycles. The highest BCUT2D eigenvalue weighted by Gasteiger charge is 2.30. The van der Waals surface area contributed by atoms with Gasteiger partial charge in [-0.1, -0.05) is 37.3 Å². The van der Waals surface area contributed by atoms with E-state index in [2.05, 4.69) is 19.1 Å². The molecule has 2 atom stereocenters. The van der Waals surface area contributed by atoms with Crippen molar-refractivity contribution in [2.24, 2.45) is 5.73 Å². The first kappa shape index (κ1) is 14.1. The molecule has 19 heavy (non-hydrogen) atoms. The molecule has 0 radical (unpaired) electrons. The number of amides is 1. The topological polar surface area (TPSA) is 46.3 Å². The van der Waals surface area contributed by atoms with Crippen molar-refractivity contribution in [3.05, 3.63) is 35.9 Å². The van der Waals surface area contributed by atoms with Crippen molar-refractivity contribution in [3.8, 4) is 0 Å². The third-order valence-electron chi connectivity index (χ3n) is 4.04. The van der Waals surface area contributed by atoms with Crippen LogP contribution in [0.2, 0.25) is 0 Å². The second kappa shape index (κ2) is 6.71. The molecule has 1 fully saturated rings. The molecule has 3 heteroatoms. The molecule has 0 saturated carbocycles. The maximum Gasteiger partial charge on any atom is 0.239 e.